The molecule has 2 aliphatic carbocycles. The Bertz CT molecular complexity index is 668. The largest absolute Gasteiger partial charge is 0.481 e. The molecule has 3 nitrogen and oxygen atoms in total. The first-order valence-corrected chi connectivity index (χ1v) is 10.3. The molecule has 2 aliphatic rings. The molecule has 2 N–H and O–H groups in total. The van der Waals surface area contributed by atoms with Gasteiger partial charge in [0, 0.05) is 13.1 Å². The smallest absolute Gasteiger partial charge is 0.304 e. The normalized spacial score (nSPS) is 30.7. The van der Waals surface area contributed by atoms with Crippen molar-refractivity contribution in [1.29, 1.82) is 0 Å². The number of carboxylic acids is 1. The molecule has 1 aromatic rings. The molecule has 144 valence electrons. The van der Waals surface area contributed by atoms with E-state index >= 15 is 0 Å². The molecule has 3 atom stereocenters. The Hall–Kier alpha value is -1.35. The quantitative estimate of drug-likeness (QED) is 0.713. The fourth-order valence-corrected chi connectivity index (χ4v) is 5.78. The van der Waals surface area contributed by atoms with Crippen LogP contribution in [0, 0.1) is 11.3 Å². The van der Waals surface area contributed by atoms with Gasteiger partial charge >= 0.3 is 5.97 Å². The summed E-state index contributed by atoms with van der Waals surface area (Å²) in [4.78, 5) is 10.8. The van der Waals surface area contributed by atoms with Gasteiger partial charge in [-0.1, -0.05) is 52.3 Å². The second-order valence-electron chi connectivity index (χ2n) is 9.41. The van der Waals surface area contributed by atoms with Crippen molar-refractivity contribution in [3.05, 3.63) is 34.9 Å². The van der Waals surface area contributed by atoms with Crippen molar-refractivity contribution >= 4 is 5.97 Å². The molecule has 0 bridgehead atoms. The van der Waals surface area contributed by atoms with E-state index in [1.807, 2.05) is 0 Å². The molecule has 0 spiro atoms. The SMILES string of the molecule is CC(C)c1ccc2c(c1)CC[C@H]1[C@](C)(CNCCC(=O)O)CCC[C@]21C. The lowest BCUT2D eigenvalue weighted by molar-refractivity contribution is -0.136. The molecule has 3 heteroatoms. The van der Waals surface area contributed by atoms with Crippen LogP contribution in [0.15, 0.2) is 18.2 Å². The second kappa shape index (κ2) is 7.34. The van der Waals surface area contributed by atoms with Crippen molar-refractivity contribution in [2.24, 2.45) is 11.3 Å². The van der Waals surface area contributed by atoms with Crippen molar-refractivity contribution in [3.63, 3.8) is 0 Å². The van der Waals surface area contributed by atoms with Gasteiger partial charge in [0.05, 0.1) is 6.42 Å². The van der Waals surface area contributed by atoms with Gasteiger partial charge in [0.2, 0.25) is 0 Å². The van der Waals surface area contributed by atoms with E-state index in [2.05, 4.69) is 51.2 Å². The molecule has 0 unspecified atom stereocenters. The molecule has 3 rings (SSSR count). The van der Waals surface area contributed by atoms with E-state index in [0.717, 1.165) is 6.54 Å². The monoisotopic (exact) mass is 357 g/mol. The molecule has 26 heavy (non-hydrogen) atoms. The third kappa shape index (κ3) is 3.55. The summed E-state index contributed by atoms with van der Waals surface area (Å²) in [5, 5.41) is 12.3. The molecule has 0 saturated heterocycles. The Balaban J connectivity index is 1.82. The molecule has 0 aromatic heterocycles. The van der Waals surface area contributed by atoms with Gasteiger partial charge in [0.25, 0.3) is 0 Å². The van der Waals surface area contributed by atoms with Crippen LogP contribution in [0.25, 0.3) is 0 Å². The highest BCUT2D eigenvalue weighted by molar-refractivity contribution is 5.66. The van der Waals surface area contributed by atoms with Crippen LogP contribution in [0.4, 0.5) is 0 Å². The topological polar surface area (TPSA) is 49.3 Å². The van der Waals surface area contributed by atoms with Crippen LogP contribution in [-0.4, -0.2) is 24.2 Å². The standard InChI is InChI=1S/C23H35NO2/c1-16(2)17-6-8-19-18(14-17)7-9-20-22(3,11-5-12-23(19,20)4)15-24-13-10-21(25)26/h6,8,14,16,20,24H,5,7,9-13,15H2,1-4H3,(H,25,26)/t20-,22-,23+/m0/s1. The summed E-state index contributed by atoms with van der Waals surface area (Å²) >= 11 is 0. The van der Waals surface area contributed by atoms with Crippen LogP contribution >= 0.6 is 0 Å². The van der Waals surface area contributed by atoms with E-state index in [4.69, 9.17) is 5.11 Å². The van der Waals surface area contributed by atoms with Crippen molar-refractivity contribution in [2.45, 2.75) is 77.6 Å². The number of hydrogen-bond acceptors (Lipinski definition) is 2. The summed E-state index contributed by atoms with van der Waals surface area (Å²) in [5.41, 5.74) is 5.11. The van der Waals surface area contributed by atoms with E-state index < -0.39 is 5.97 Å². The highest BCUT2D eigenvalue weighted by Crippen LogP contribution is 2.57. The number of rotatable bonds is 6. The summed E-state index contributed by atoms with van der Waals surface area (Å²) in [6.07, 6.45) is 6.42. The summed E-state index contributed by atoms with van der Waals surface area (Å²) in [6.45, 7) is 11.0. The number of fused-ring (bicyclic) bond motifs is 3. The van der Waals surface area contributed by atoms with Crippen molar-refractivity contribution < 1.29 is 9.90 Å². The maximum Gasteiger partial charge on any atom is 0.304 e. The van der Waals surface area contributed by atoms with E-state index in [1.165, 1.54) is 37.7 Å². The predicted molar refractivity (Wildman–Crippen MR) is 107 cm³/mol. The van der Waals surface area contributed by atoms with Gasteiger partial charge in [-0.3, -0.25) is 4.79 Å². The van der Waals surface area contributed by atoms with Gasteiger partial charge in [0.15, 0.2) is 0 Å². The van der Waals surface area contributed by atoms with Crippen LogP contribution in [0.5, 0.6) is 0 Å². The first kappa shape index (κ1) is 19.4. The molecule has 0 aliphatic heterocycles. The summed E-state index contributed by atoms with van der Waals surface area (Å²) in [5.74, 6) is 0.531. The van der Waals surface area contributed by atoms with Gasteiger partial charge in [-0.2, -0.15) is 0 Å². The molecule has 1 fully saturated rings. The van der Waals surface area contributed by atoms with Crippen LogP contribution in [0.1, 0.15) is 82.4 Å². The zero-order chi connectivity index (χ0) is 18.9. The van der Waals surface area contributed by atoms with E-state index in [-0.39, 0.29) is 17.3 Å². The van der Waals surface area contributed by atoms with E-state index in [1.54, 1.807) is 11.1 Å². The fraction of sp³-hybridized carbons (Fsp3) is 0.696. The van der Waals surface area contributed by atoms with Gasteiger partial charge in [0.1, 0.15) is 0 Å². The molecule has 1 aromatic carbocycles. The Kier molecular flexibility index (Phi) is 5.48. The van der Waals surface area contributed by atoms with Gasteiger partial charge in [-0.05, 0) is 65.0 Å². The average molecular weight is 358 g/mol. The lowest BCUT2D eigenvalue weighted by atomic mass is 9.49. The average Bonchev–Trinajstić information content (AvgIpc) is 2.58. The highest BCUT2D eigenvalue weighted by Gasteiger charge is 2.51. The number of nitrogens with one attached hydrogen (secondary N) is 1. The summed E-state index contributed by atoms with van der Waals surface area (Å²) < 4.78 is 0. The molecule has 1 saturated carbocycles. The predicted octanol–water partition coefficient (Wildman–Crippen LogP) is 4.88. The van der Waals surface area contributed by atoms with E-state index in [0.29, 0.717) is 18.4 Å². The number of carbonyl (C=O) groups is 1. The first-order valence-electron chi connectivity index (χ1n) is 10.3. The second-order valence-corrected chi connectivity index (χ2v) is 9.41. The van der Waals surface area contributed by atoms with Crippen molar-refractivity contribution in [2.75, 3.05) is 13.1 Å². The summed E-state index contributed by atoms with van der Waals surface area (Å²) in [7, 11) is 0. The lowest BCUT2D eigenvalue weighted by Crippen LogP contribution is -2.52. The molecule has 0 heterocycles. The Morgan fingerprint density at radius 2 is 2.08 bits per heavy atom. The number of aliphatic carboxylic acids is 1. The van der Waals surface area contributed by atoms with Crippen LogP contribution in [0.2, 0.25) is 0 Å². The number of aryl methyl sites for hydroxylation is 1. The molecular weight excluding hydrogens is 322 g/mol. The minimum atomic E-state index is -0.719. The Labute approximate surface area is 158 Å². The highest BCUT2D eigenvalue weighted by atomic mass is 16.4. The number of benzene rings is 1. The summed E-state index contributed by atoms with van der Waals surface area (Å²) in [6, 6.07) is 7.22. The first-order chi connectivity index (χ1) is 12.3. The van der Waals surface area contributed by atoms with Crippen molar-refractivity contribution in [3.8, 4) is 0 Å². The zero-order valence-electron chi connectivity index (χ0n) is 16.9. The maximum atomic E-state index is 10.8. The Morgan fingerprint density at radius 3 is 2.77 bits per heavy atom. The molecular formula is C23H35NO2. The third-order valence-corrected chi connectivity index (χ3v) is 7.21. The minimum absolute atomic E-state index is 0.207. The van der Waals surface area contributed by atoms with Gasteiger partial charge in [-0.15, -0.1) is 0 Å². The Morgan fingerprint density at radius 1 is 1.31 bits per heavy atom. The van der Waals surface area contributed by atoms with E-state index in [9.17, 15) is 4.79 Å². The number of hydrogen-bond donors (Lipinski definition) is 2. The van der Waals surface area contributed by atoms with Gasteiger partial charge < -0.3 is 10.4 Å². The number of carboxylic acid groups (broad SMARTS) is 1. The van der Waals surface area contributed by atoms with Crippen molar-refractivity contribution in [1.82, 2.24) is 5.32 Å². The zero-order valence-corrected chi connectivity index (χ0v) is 16.9. The van der Waals surface area contributed by atoms with Crippen LogP contribution in [0.3, 0.4) is 0 Å². The molecule has 0 radical (unpaired) electrons. The molecule has 0 amide bonds. The fourth-order valence-electron chi connectivity index (χ4n) is 5.78. The lowest BCUT2D eigenvalue weighted by Gasteiger charge is -2.55. The van der Waals surface area contributed by atoms with Crippen LogP contribution < -0.4 is 5.32 Å². The third-order valence-electron chi connectivity index (χ3n) is 7.21. The minimum Gasteiger partial charge on any atom is -0.481 e. The maximum absolute atomic E-state index is 10.8. The van der Waals surface area contributed by atoms with Gasteiger partial charge in [-0.25, -0.2) is 0 Å². The van der Waals surface area contributed by atoms with Crippen LogP contribution in [-0.2, 0) is 16.6 Å².